The normalized spacial score (nSPS) is 11.0. The Balaban J connectivity index is 1.37. The number of nitrogens with one attached hydrogen (secondary N) is 2. The molecule has 0 radical (unpaired) electrons. The number of fused-ring (bicyclic) bond motifs is 1. The number of hydrogen-bond donors (Lipinski definition) is 2. The van der Waals surface area contributed by atoms with Gasteiger partial charge in [0.2, 0.25) is 0 Å². The molecule has 3 aromatic heterocycles. The molecule has 0 fully saturated rings. The molecule has 0 aliphatic heterocycles. The van der Waals surface area contributed by atoms with Crippen molar-refractivity contribution in [2.75, 3.05) is 10.6 Å². The average molecular weight is 418 g/mol. The molecule has 2 N–H and O–H groups in total. The van der Waals surface area contributed by atoms with Crippen LogP contribution in [0.4, 0.5) is 23.4 Å². The van der Waals surface area contributed by atoms with Gasteiger partial charge >= 0.3 is 0 Å². The van der Waals surface area contributed by atoms with Crippen LogP contribution in [-0.4, -0.2) is 15.0 Å². The molecule has 8 heteroatoms. The van der Waals surface area contributed by atoms with E-state index in [9.17, 15) is 0 Å². The zero-order chi connectivity index (χ0) is 20.5. The van der Waals surface area contributed by atoms with Gasteiger partial charge in [0.15, 0.2) is 11.3 Å². The fraction of sp³-hybridized carbons (Fsp3) is 0.0455. The number of pyridine rings is 1. The van der Waals surface area contributed by atoms with Gasteiger partial charge in [-0.25, -0.2) is 4.98 Å². The number of anilines is 4. The van der Waals surface area contributed by atoms with E-state index in [1.54, 1.807) is 36.8 Å². The van der Waals surface area contributed by atoms with Gasteiger partial charge in [-0.3, -0.25) is 4.98 Å². The summed E-state index contributed by atoms with van der Waals surface area (Å²) in [6.07, 6.45) is 5.10. The number of hydrogen-bond acceptors (Lipinski definition) is 7. The van der Waals surface area contributed by atoms with Crippen molar-refractivity contribution < 1.29 is 8.83 Å². The van der Waals surface area contributed by atoms with Gasteiger partial charge in [-0.1, -0.05) is 17.7 Å². The van der Waals surface area contributed by atoms with Crippen LogP contribution in [0.5, 0.6) is 0 Å². The van der Waals surface area contributed by atoms with Crippen molar-refractivity contribution in [3.05, 3.63) is 77.7 Å². The van der Waals surface area contributed by atoms with Crippen molar-refractivity contribution in [3.63, 3.8) is 0 Å². The Labute approximate surface area is 176 Å². The Hall–Kier alpha value is -3.84. The molecule has 30 heavy (non-hydrogen) atoms. The molecule has 0 atom stereocenters. The van der Waals surface area contributed by atoms with Crippen LogP contribution >= 0.6 is 11.6 Å². The molecule has 0 saturated carbocycles. The highest BCUT2D eigenvalue weighted by Gasteiger charge is 2.10. The summed E-state index contributed by atoms with van der Waals surface area (Å²) in [5.74, 6) is 0.664. The second-order valence-electron chi connectivity index (χ2n) is 6.68. The summed E-state index contributed by atoms with van der Waals surface area (Å²) >= 11 is 6.02. The minimum absolute atomic E-state index is 0.387. The van der Waals surface area contributed by atoms with E-state index in [-0.39, 0.29) is 0 Å². The lowest BCUT2D eigenvalue weighted by atomic mass is 10.2. The van der Waals surface area contributed by atoms with Crippen LogP contribution in [0.15, 0.2) is 76.0 Å². The first-order valence-corrected chi connectivity index (χ1v) is 9.59. The highest BCUT2D eigenvalue weighted by Crippen LogP contribution is 2.29. The minimum Gasteiger partial charge on any atom is -0.423 e. The molecule has 5 aromatic rings. The fourth-order valence-corrected chi connectivity index (χ4v) is 3.18. The SMILES string of the molecule is Cc1ccc(Nc2nc3cc(Cl)ccc3o2)cc1Nc1ncc(-c2ccncc2)o1. The van der Waals surface area contributed by atoms with E-state index < -0.39 is 0 Å². The van der Waals surface area contributed by atoms with Crippen molar-refractivity contribution in [2.24, 2.45) is 0 Å². The number of benzene rings is 2. The third-order valence-corrected chi connectivity index (χ3v) is 4.79. The van der Waals surface area contributed by atoms with Gasteiger partial charge in [0.25, 0.3) is 12.0 Å². The van der Waals surface area contributed by atoms with Crippen molar-refractivity contribution in [1.29, 1.82) is 0 Å². The van der Waals surface area contributed by atoms with Crippen LogP contribution in [-0.2, 0) is 0 Å². The largest absolute Gasteiger partial charge is 0.423 e. The number of aromatic nitrogens is 3. The molecule has 148 valence electrons. The lowest BCUT2D eigenvalue weighted by Gasteiger charge is -2.09. The first kappa shape index (κ1) is 18.2. The number of nitrogens with zero attached hydrogens (tertiary/aromatic N) is 3. The van der Waals surface area contributed by atoms with E-state index in [1.165, 1.54) is 0 Å². The summed E-state index contributed by atoms with van der Waals surface area (Å²) in [6, 6.07) is 15.7. The molecule has 7 nitrogen and oxygen atoms in total. The smallest absolute Gasteiger partial charge is 0.300 e. The molecule has 0 spiro atoms. The second kappa shape index (κ2) is 7.53. The first-order chi connectivity index (χ1) is 14.6. The van der Waals surface area contributed by atoms with Gasteiger partial charge in [0.05, 0.1) is 6.20 Å². The first-order valence-electron chi connectivity index (χ1n) is 9.21. The molecule has 0 amide bonds. The molecular weight excluding hydrogens is 402 g/mol. The van der Waals surface area contributed by atoms with Gasteiger partial charge in [-0.15, -0.1) is 0 Å². The predicted molar refractivity (Wildman–Crippen MR) is 116 cm³/mol. The maximum atomic E-state index is 6.02. The summed E-state index contributed by atoms with van der Waals surface area (Å²) in [4.78, 5) is 12.8. The Kier molecular flexibility index (Phi) is 4.57. The maximum Gasteiger partial charge on any atom is 0.300 e. The number of halogens is 1. The summed E-state index contributed by atoms with van der Waals surface area (Å²) in [5.41, 5.74) is 4.96. The molecule has 0 bridgehead atoms. The molecule has 0 aliphatic carbocycles. The fourth-order valence-electron chi connectivity index (χ4n) is 3.01. The molecule has 2 aromatic carbocycles. The molecule has 0 saturated heterocycles. The Morgan fingerprint density at radius 1 is 0.900 bits per heavy atom. The second-order valence-corrected chi connectivity index (χ2v) is 7.11. The molecular formula is C22H16ClN5O2. The Morgan fingerprint density at radius 3 is 2.63 bits per heavy atom. The van der Waals surface area contributed by atoms with Gasteiger partial charge < -0.3 is 19.5 Å². The monoisotopic (exact) mass is 417 g/mol. The predicted octanol–water partition coefficient (Wildman–Crippen LogP) is 6.33. The molecule has 0 unspecified atom stereocenters. The van der Waals surface area contributed by atoms with Crippen LogP contribution in [0.25, 0.3) is 22.4 Å². The Morgan fingerprint density at radius 2 is 1.77 bits per heavy atom. The zero-order valence-corrected chi connectivity index (χ0v) is 16.6. The topological polar surface area (TPSA) is 89.0 Å². The number of rotatable bonds is 5. The highest BCUT2D eigenvalue weighted by molar-refractivity contribution is 6.31. The summed E-state index contributed by atoms with van der Waals surface area (Å²) in [5, 5.41) is 7.01. The van der Waals surface area contributed by atoms with Crippen LogP contribution < -0.4 is 10.6 Å². The molecule has 5 rings (SSSR count). The van der Waals surface area contributed by atoms with Gasteiger partial charge in [-0.05, 0) is 55.0 Å². The zero-order valence-electron chi connectivity index (χ0n) is 15.9. The van der Waals surface area contributed by atoms with Crippen LogP contribution in [0.3, 0.4) is 0 Å². The summed E-state index contributed by atoms with van der Waals surface area (Å²) in [6.45, 7) is 2.00. The third-order valence-electron chi connectivity index (χ3n) is 4.55. The van der Waals surface area contributed by atoms with E-state index in [0.717, 1.165) is 22.5 Å². The standard InChI is InChI=1S/C22H16ClN5O2/c1-13-2-4-16(26-22-28-18-10-15(23)3-5-19(18)29-22)11-17(13)27-21-25-12-20(30-21)14-6-8-24-9-7-14/h2-12H,1H3,(H,25,27)(H,26,28). The maximum absolute atomic E-state index is 6.02. The van der Waals surface area contributed by atoms with E-state index >= 15 is 0 Å². The highest BCUT2D eigenvalue weighted by atomic mass is 35.5. The quantitative estimate of drug-likeness (QED) is 0.345. The van der Waals surface area contributed by atoms with Crippen molar-refractivity contribution in [2.45, 2.75) is 6.92 Å². The van der Waals surface area contributed by atoms with Crippen LogP contribution in [0, 0.1) is 6.92 Å². The third kappa shape index (κ3) is 3.70. The Bertz CT molecular complexity index is 1330. The van der Waals surface area contributed by atoms with Crippen molar-refractivity contribution in [3.8, 4) is 11.3 Å². The summed E-state index contributed by atoms with van der Waals surface area (Å²) < 4.78 is 11.6. The van der Waals surface area contributed by atoms with Crippen LogP contribution in [0.1, 0.15) is 5.56 Å². The van der Waals surface area contributed by atoms with E-state index in [0.29, 0.717) is 33.9 Å². The summed E-state index contributed by atoms with van der Waals surface area (Å²) in [7, 11) is 0. The van der Waals surface area contributed by atoms with Crippen molar-refractivity contribution >= 4 is 46.1 Å². The van der Waals surface area contributed by atoms with Crippen molar-refractivity contribution in [1.82, 2.24) is 15.0 Å². The minimum atomic E-state index is 0.387. The number of aryl methyl sites for hydroxylation is 1. The van der Waals surface area contributed by atoms with E-state index in [4.69, 9.17) is 20.4 Å². The molecule has 0 aliphatic rings. The number of oxazole rings is 2. The van der Waals surface area contributed by atoms with E-state index in [2.05, 4.69) is 25.6 Å². The molecule has 3 heterocycles. The lowest BCUT2D eigenvalue weighted by molar-refractivity contribution is 0.592. The lowest BCUT2D eigenvalue weighted by Crippen LogP contribution is -1.96. The van der Waals surface area contributed by atoms with Crippen LogP contribution in [0.2, 0.25) is 5.02 Å². The van der Waals surface area contributed by atoms with Gasteiger partial charge in [-0.2, -0.15) is 4.98 Å². The van der Waals surface area contributed by atoms with Gasteiger partial charge in [0, 0.05) is 34.4 Å². The van der Waals surface area contributed by atoms with Gasteiger partial charge in [0.1, 0.15) is 5.52 Å². The van der Waals surface area contributed by atoms with E-state index in [1.807, 2.05) is 37.3 Å². The average Bonchev–Trinajstić information content (AvgIpc) is 3.37.